The van der Waals surface area contributed by atoms with Crippen LogP contribution in [0, 0.1) is 13.8 Å². The minimum atomic E-state index is -0.407. The second-order valence-electron chi connectivity index (χ2n) is 3.82. The van der Waals surface area contributed by atoms with Crippen molar-refractivity contribution in [2.45, 2.75) is 20.8 Å². The first-order chi connectivity index (χ1) is 7.61. The summed E-state index contributed by atoms with van der Waals surface area (Å²) in [5.74, 6) is -0.138. The second kappa shape index (κ2) is 4.00. The topological polar surface area (TPSA) is 39.4 Å². The zero-order valence-corrected chi connectivity index (χ0v) is 9.66. The van der Waals surface area contributed by atoms with E-state index in [1.54, 1.807) is 13.0 Å². The monoisotopic (exact) mass is 218 g/mol. The molecule has 16 heavy (non-hydrogen) atoms. The Balaban J connectivity index is 2.51. The predicted molar refractivity (Wildman–Crippen MR) is 61.6 cm³/mol. The van der Waals surface area contributed by atoms with Crippen molar-refractivity contribution in [1.29, 1.82) is 0 Å². The molecule has 0 spiro atoms. The molecule has 2 rings (SSSR count). The van der Waals surface area contributed by atoms with Crippen LogP contribution in [0.25, 0.3) is 11.0 Å². The van der Waals surface area contributed by atoms with Gasteiger partial charge in [-0.25, -0.2) is 4.79 Å². The number of aryl methyl sites for hydroxylation is 2. The summed E-state index contributed by atoms with van der Waals surface area (Å²) in [6, 6.07) is 5.72. The zero-order valence-electron chi connectivity index (χ0n) is 9.66. The van der Waals surface area contributed by atoms with E-state index in [-0.39, 0.29) is 5.76 Å². The molecule has 1 heterocycles. The molecular formula is C13H14O3. The number of furan rings is 1. The lowest BCUT2D eigenvalue weighted by Crippen LogP contribution is -2.02. The molecule has 0 unspecified atom stereocenters. The first-order valence-corrected chi connectivity index (χ1v) is 5.29. The van der Waals surface area contributed by atoms with Crippen molar-refractivity contribution in [2.24, 2.45) is 0 Å². The smallest absolute Gasteiger partial charge is 0.374 e. The van der Waals surface area contributed by atoms with Gasteiger partial charge in [0, 0.05) is 5.39 Å². The third-order valence-corrected chi connectivity index (χ3v) is 2.47. The summed E-state index contributed by atoms with van der Waals surface area (Å²) < 4.78 is 10.4. The summed E-state index contributed by atoms with van der Waals surface area (Å²) in [5.41, 5.74) is 2.96. The Kier molecular flexibility index (Phi) is 2.69. The SMILES string of the molecule is CCOC(=O)c1cc2c(C)cc(C)cc2o1. The number of esters is 1. The lowest BCUT2D eigenvalue weighted by molar-refractivity contribution is 0.0492. The first kappa shape index (κ1) is 10.7. The maximum atomic E-state index is 11.5. The van der Waals surface area contributed by atoms with Crippen LogP contribution in [0.1, 0.15) is 28.6 Å². The normalized spacial score (nSPS) is 10.7. The molecule has 3 heteroatoms. The molecule has 0 aliphatic carbocycles. The van der Waals surface area contributed by atoms with E-state index in [0.29, 0.717) is 6.61 Å². The van der Waals surface area contributed by atoms with Crippen LogP contribution in [0.5, 0.6) is 0 Å². The average Bonchev–Trinajstić information content (AvgIpc) is 2.62. The predicted octanol–water partition coefficient (Wildman–Crippen LogP) is 3.23. The van der Waals surface area contributed by atoms with Crippen LogP contribution in [0.3, 0.4) is 0 Å². The molecule has 0 fully saturated rings. The quantitative estimate of drug-likeness (QED) is 0.726. The molecule has 0 aliphatic rings. The van der Waals surface area contributed by atoms with Crippen molar-refractivity contribution >= 4 is 16.9 Å². The van der Waals surface area contributed by atoms with Gasteiger partial charge in [-0.1, -0.05) is 6.07 Å². The van der Waals surface area contributed by atoms with Gasteiger partial charge in [0.25, 0.3) is 0 Å². The fourth-order valence-corrected chi connectivity index (χ4v) is 1.79. The van der Waals surface area contributed by atoms with Crippen LogP contribution in [0.2, 0.25) is 0 Å². The Bertz CT molecular complexity index is 537. The number of carbonyl (C=O) groups excluding carboxylic acids is 1. The number of hydrogen-bond acceptors (Lipinski definition) is 3. The molecule has 1 aromatic carbocycles. The van der Waals surface area contributed by atoms with Crippen LogP contribution in [-0.4, -0.2) is 12.6 Å². The Morgan fingerprint density at radius 1 is 1.31 bits per heavy atom. The second-order valence-corrected chi connectivity index (χ2v) is 3.82. The highest BCUT2D eigenvalue weighted by Crippen LogP contribution is 2.24. The Morgan fingerprint density at radius 2 is 2.06 bits per heavy atom. The molecule has 0 saturated heterocycles. The number of rotatable bonds is 2. The third kappa shape index (κ3) is 1.81. The van der Waals surface area contributed by atoms with Gasteiger partial charge in [-0.15, -0.1) is 0 Å². The van der Waals surface area contributed by atoms with Crippen molar-refractivity contribution in [3.05, 3.63) is 35.1 Å². The van der Waals surface area contributed by atoms with Gasteiger partial charge in [-0.2, -0.15) is 0 Å². The number of ether oxygens (including phenoxy) is 1. The summed E-state index contributed by atoms with van der Waals surface area (Å²) in [4.78, 5) is 11.5. The Hall–Kier alpha value is -1.77. The van der Waals surface area contributed by atoms with Gasteiger partial charge in [0.15, 0.2) is 0 Å². The molecular weight excluding hydrogens is 204 g/mol. The van der Waals surface area contributed by atoms with E-state index < -0.39 is 5.97 Å². The molecule has 3 nitrogen and oxygen atoms in total. The maximum Gasteiger partial charge on any atom is 0.374 e. The summed E-state index contributed by atoms with van der Waals surface area (Å²) in [6.07, 6.45) is 0. The van der Waals surface area contributed by atoms with Crippen LogP contribution in [0.15, 0.2) is 22.6 Å². The van der Waals surface area contributed by atoms with Crippen LogP contribution in [0.4, 0.5) is 0 Å². The van der Waals surface area contributed by atoms with Gasteiger partial charge in [0.05, 0.1) is 6.61 Å². The minimum Gasteiger partial charge on any atom is -0.460 e. The van der Waals surface area contributed by atoms with E-state index >= 15 is 0 Å². The van der Waals surface area contributed by atoms with E-state index in [9.17, 15) is 4.79 Å². The average molecular weight is 218 g/mol. The molecule has 0 amide bonds. The van der Waals surface area contributed by atoms with Crippen molar-refractivity contribution in [1.82, 2.24) is 0 Å². The van der Waals surface area contributed by atoms with E-state index in [0.717, 1.165) is 22.1 Å². The molecule has 0 N–H and O–H groups in total. The van der Waals surface area contributed by atoms with Gasteiger partial charge in [0.2, 0.25) is 5.76 Å². The molecule has 0 radical (unpaired) electrons. The third-order valence-electron chi connectivity index (χ3n) is 2.47. The maximum absolute atomic E-state index is 11.5. The highest BCUT2D eigenvalue weighted by molar-refractivity contribution is 5.93. The first-order valence-electron chi connectivity index (χ1n) is 5.29. The van der Waals surface area contributed by atoms with Crippen LogP contribution in [-0.2, 0) is 4.74 Å². The number of hydrogen-bond donors (Lipinski definition) is 0. The van der Waals surface area contributed by atoms with Gasteiger partial charge in [0.1, 0.15) is 5.58 Å². The summed E-state index contributed by atoms with van der Waals surface area (Å²) in [5, 5.41) is 0.966. The van der Waals surface area contributed by atoms with Crippen LogP contribution >= 0.6 is 0 Å². The summed E-state index contributed by atoms with van der Waals surface area (Å²) in [6.45, 7) is 6.13. The molecule has 2 aromatic rings. The molecule has 84 valence electrons. The van der Waals surface area contributed by atoms with E-state index in [1.807, 2.05) is 19.9 Å². The Labute approximate surface area is 94.0 Å². The molecule has 1 aromatic heterocycles. The highest BCUT2D eigenvalue weighted by atomic mass is 16.5. The van der Waals surface area contributed by atoms with Gasteiger partial charge in [-0.3, -0.25) is 0 Å². The molecule has 0 bridgehead atoms. The lowest BCUT2D eigenvalue weighted by atomic mass is 10.1. The summed E-state index contributed by atoms with van der Waals surface area (Å²) in [7, 11) is 0. The highest BCUT2D eigenvalue weighted by Gasteiger charge is 2.14. The summed E-state index contributed by atoms with van der Waals surface area (Å²) >= 11 is 0. The van der Waals surface area contributed by atoms with Crippen molar-refractivity contribution in [3.63, 3.8) is 0 Å². The van der Waals surface area contributed by atoms with Crippen molar-refractivity contribution in [3.8, 4) is 0 Å². The van der Waals surface area contributed by atoms with Gasteiger partial charge < -0.3 is 9.15 Å². The number of benzene rings is 1. The minimum absolute atomic E-state index is 0.269. The van der Waals surface area contributed by atoms with E-state index in [4.69, 9.17) is 9.15 Å². The van der Waals surface area contributed by atoms with Crippen LogP contribution < -0.4 is 0 Å². The van der Waals surface area contributed by atoms with Crippen molar-refractivity contribution in [2.75, 3.05) is 6.61 Å². The Morgan fingerprint density at radius 3 is 2.75 bits per heavy atom. The fraction of sp³-hybridized carbons (Fsp3) is 0.308. The zero-order chi connectivity index (χ0) is 11.7. The van der Waals surface area contributed by atoms with Gasteiger partial charge in [-0.05, 0) is 44.0 Å². The lowest BCUT2D eigenvalue weighted by Gasteiger charge is -1.96. The molecule has 0 aliphatic heterocycles. The van der Waals surface area contributed by atoms with E-state index in [2.05, 4.69) is 6.07 Å². The van der Waals surface area contributed by atoms with Gasteiger partial charge >= 0.3 is 5.97 Å². The molecule has 0 atom stereocenters. The molecule has 0 saturated carbocycles. The van der Waals surface area contributed by atoms with Crippen molar-refractivity contribution < 1.29 is 13.9 Å². The van der Waals surface area contributed by atoms with E-state index in [1.165, 1.54) is 0 Å². The largest absolute Gasteiger partial charge is 0.460 e. The standard InChI is InChI=1S/C13H14O3/c1-4-15-13(14)12-7-10-9(3)5-8(2)6-11(10)16-12/h5-7H,4H2,1-3H3. The number of fused-ring (bicyclic) bond motifs is 1. The fourth-order valence-electron chi connectivity index (χ4n) is 1.79. The number of carbonyl (C=O) groups is 1.